The molecule has 25 heavy (non-hydrogen) atoms. The number of carbonyl (C=O) groups is 3. The van der Waals surface area contributed by atoms with Gasteiger partial charge in [0.2, 0.25) is 5.91 Å². The van der Waals surface area contributed by atoms with E-state index in [4.69, 9.17) is 4.74 Å². The maximum absolute atomic E-state index is 12.5. The van der Waals surface area contributed by atoms with Gasteiger partial charge in [0, 0.05) is 25.1 Å². The van der Waals surface area contributed by atoms with Gasteiger partial charge in [0.05, 0.1) is 7.11 Å². The van der Waals surface area contributed by atoms with Crippen LogP contribution in [-0.4, -0.2) is 41.9 Å². The van der Waals surface area contributed by atoms with Crippen LogP contribution in [0.4, 0.5) is 4.79 Å². The SMILES string of the molecule is COc1ccccc1CNC(=O)CCN1C(=O)NC2(CCCC2)C1=O. The number of para-hydroxylation sites is 1. The fraction of sp³-hybridized carbons (Fsp3) is 0.500. The lowest BCUT2D eigenvalue weighted by Crippen LogP contribution is -2.44. The first kappa shape index (κ1) is 17.3. The summed E-state index contributed by atoms with van der Waals surface area (Å²) in [6, 6.07) is 7.05. The van der Waals surface area contributed by atoms with Crippen molar-refractivity contribution in [2.45, 2.75) is 44.2 Å². The van der Waals surface area contributed by atoms with Crippen molar-refractivity contribution in [1.82, 2.24) is 15.5 Å². The van der Waals surface area contributed by atoms with Crippen molar-refractivity contribution >= 4 is 17.8 Å². The minimum Gasteiger partial charge on any atom is -0.496 e. The van der Waals surface area contributed by atoms with E-state index >= 15 is 0 Å². The van der Waals surface area contributed by atoms with E-state index < -0.39 is 5.54 Å². The fourth-order valence-electron chi connectivity index (χ4n) is 3.54. The highest BCUT2D eigenvalue weighted by atomic mass is 16.5. The maximum Gasteiger partial charge on any atom is 0.325 e. The van der Waals surface area contributed by atoms with Crippen LogP contribution in [0.3, 0.4) is 0 Å². The highest BCUT2D eigenvalue weighted by molar-refractivity contribution is 6.07. The van der Waals surface area contributed by atoms with Crippen LogP contribution < -0.4 is 15.4 Å². The standard InChI is InChI=1S/C18H23N3O4/c1-25-14-7-3-2-6-13(14)12-19-15(22)8-11-21-16(23)18(20-17(21)24)9-4-5-10-18/h2-3,6-7H,4-5,8-12H2,1H3,(H,19,22)(H,20,24). The number of carbonyl (C=O) groups excluding carboxylic acids is 3. The first-order valence-corrected chi connectivity index (χ1v) is 8.58. The first-order chi connectivity index (χ1) is 12.1. The molecule has 0 bridgehead atoms. The molecule has 7 nitrogen and oxygen atoms in total. The van der Waals surface area contributed by atoms with Crippen LogP contribution in [0.1, 0.15) is 37.7 Å². The second kappa shape index (κ2) is 7.13. The molecule has 2 N–H and O–H groups in total. The van der Waals surface area contributed by atoms with Crippen molar-refractivity contribution < 1.29 is 19.1 Å². The van der Waals surface area contributed by atoms with Crippen LogP contribution in [0.15, 0.2) is 24.3 Å². The average molecular weight is 345 g/mol. The van der Waals surface area contributed by atoms with E-state index in [0.717, 1.165) is 18.4 Å². The van der Waals surface area contributed by atoms with Gasteiger partial charge in [-0.1, -0.05) is 31.0 Å². The Morgan fingerprint density at radius 2 is 2.00 bits per heavy atom. The van der Waals surface area contributed by atoms with Crippen molar-refractivity contribution in [3.8, 4) is 5.75 Å². The Balaban J connectivity index is 1.51. The normalized spacial score (nSPS) is 18.5. The van der Waals surface area contributed by atoms with Crippen LogP contribution in [0.2, 0.25) is 0 Å². The summed E-state index contributed by atoms with van der Waals surface area (Å²) < 4.78 is 5.24. The number of urea groups is 1. The monoisotopic (exact) mass is 345 g/mol. The molecule has 1 heterocycles. The Bertz CT molecular complexity index is 683. The van der Waals surface area contributed by atoms with Crippen LogP contribution in [0, 0.1) is 0 Å². The smallest absolute Gasteiger partial charge is 0.325 e. The summed E-state index contributed by atoms with van der Waals surface area (Å²) in [5, 5.41) is 5.61. The number of hydrogen-bond donors (Lipinski definition) is 2. The molecule has 0 unspecified atom stereocenters. The molecule has 1 aliphatic heterocycles. The summed E-state index contributed by atoms with van der Waals surface area (Å²) in [5.74, 6) is 0.312. The summed E-state index contributed by atoms with van der Waals surface area (Å²) >= 11 is 0. The van der Waals surface area contributed by atoms with Crippen molar-refractivity contribution in [1.29, 1.82) is 0 Å². The van der Waals surface area contributed by atoms with Gasteiger partial charge in [-0.2, -0.15) is 0 Å². The van der Waals surface area contributed by atoms with Crippen LogP contribution >= 0.6 is 0 Å². The lowest BCUT2D eigenvalue weighted by molar-refractivity contribution is -0.131. The van der Waals surface area contributed by atoms with E-state index in [1.54, 1.807) is 7.11 Å². The zero-order valence-corrected chi connectivity index (χ0v) is 14.3. The third-order valence-electron chi connectivity index (χ3n) is 4.93. The predicted octanol–water partition coefficient (Wildman–Crippen LogP) is 1.57. The number of nitrogens with one attached hydrogen (secondary N) is 2. The van der Waals surface area contributed by atoms with E-state index in [1.165, 1.54) is 4.90 Å². The van der Waals surface area contributed by atoms with Crippen LogP contribution in [0.5, 0.6) is 5.75 Å². The van der Waals surface area contributed by atoms with E-state index in [1.807, 2.05) is 24.3 Å². The summed E-state index contributed by atoms with van der Waals surface area (Å²) in [4.78, 5) is 37.8. The third kappa shape index (κ3) is 3.45. The second-order valence-electron chi connectivity index (χ2n) is 6.51. The molecule has 1 aliphatic carbocycles. The highest BCUT2D eigenvalue weighted by Crippen LogP contribution is 2.35. The number of benzene rings is 1. The Hall–Kier alpha value is -2.57. The lowest BCUT2D eigenvalue weighted by Gasteiger charge is -2.19. The number of hydrogen-bond acceptors (Lipinski definition) is 4. The van der Waals surface area contributed by atoms with Crippen molar-refractivity contribution in [3.63, 3.8) is 0 Å². The molecule has 2 fully saturated rings. The largest absolute Gasteiger partial charge is 0.496 e. The van der Waals surface area contributed by atoms with Crippen molar-refractivity contribution in [3.05, 3.63) is 29.8 Å². The molecular weight excluding hydrogens is 322 g/mol. The average Bonchev–Trinajstić information content (AvgIpc) is 3.17. The quantitative estimate of drug-likeness (QED) is 0.766. The number of nitrogens with zero attached hydrogens (tertiary/aromatic N) is 1. The van der Waals surface area contributed by atoms with E-state index in [9.17, 15) is 14.4 Å². The zero-order valence-electron chi connectivity index (χ0n) is 14.3. The molecule has 7 heteroatoms. The van der Waals surface area contributed by atoms with Crippen molar-refractivity contribution in [2.75, 3.05) is 13.7 Å². The van der Waals surface area contributed by atoms with Gasteiger partial charge in [-0.3, -0.25) is 14.5 Å². The van der Waals surface area contributed by atoms with Gasteiger partial charge >= 0.3 is 6.03 Å². The number of amides is 4. The summed E-state index contributed by atoms with van der Waals surface area (Å²) in [6.45, 7) is 0.442. The minimum atomic E-state index is -0.717. The topological polar surface area (TPSA) is 87.7 Å². The van der Waals surface area contributed by atoms with Gasteiger partial charge in [0.25, 0.3) is 5.91 Å². The van der Waals surface area contributed by atoms with Gasteiger partial charge in [0.15, 0.2) is 0 Å². The first-order valence-electron chi connectivity index (χ1n) is 8.58. The molecule has 1 spiro atoms. The van der Waals surface area contributed by atoms with Crippen molar-refractivity contribution in [2.24, 2.45) is 0 Å². The summed E-state index contributed by atoms with van der Waals surface area (Å²) in [7, 11) is 1.58. The second-order valence-corrected chi connectivity index (χ2v) is 6.51. The molecule has 1 saturated carbocycles. The van der Waals surface area contributed by atoms with Gasteiger partial charge in [-0.25, -0.2) is 4.79 Å². The summed E-state index contributed by atoms with van der Waals surface area (Å²) in [6.07, 6.45) is 3.35. The Morgan fingerprint density at radius 1 is 1.28 bits per heavy atom. The number of ether oxygens (including phenoxy) is 1. The van der Waals surface area contributed by atoms with E-state index in [0.29, 0.717) is 25.1 Å². The van der Waals surface area contributed by atoms with Gasteiger partial charge < -0.3 is 15.4 Å². The molecule has 2 aliphatic rings. The highest BCUT2D eigenvalue weighted by Gasteiger charge is 2.52. The molecule has 0 aromatic heterocycles. The predicted molar refractivity (Wildman–Crippen MR) is 90.9 cm³/mol. The molecular formula is C18H23N3O4. The number of methoxy groups -OCH3 is 1. The zero-order chi connectivity index (χ0) is 17.9. The lowest BCUT2D eigenvalue weighted by atomic mass is 9.98. The van der Waals surface area contributed by atoms with E-state index in [-0.39, 0.29) is 30.8 Å². The van der Waals surface area contributed by atoms with Crippen LogP contribution in [0.25, 0.3) is 0 Å². The molecule has 1 aromatic rings. The van der Waals surface area contributed by atoms with Gasteiger partial charge in [-0.05, 0) is 18.9 Å². The molecule has 1 saturated heterocycles. The summed E-state index contributed by atoms with van der Waals surface area (Å²) in [5.41, 5.74) is 0.156. The minimum absolute atomic E-state index is 0.0877. The maximum atomic E-state index is 12.5. The van der Waals surface area contributed by atoms with E-state index in [2.05, 4.69) is 10.6 Å². The molecule has 0 atom stereocenters. The van der Waals surface area contributed by atoms with Crippen LogP contribution in [-0.2, 0) is 16.1 Å². The molecule has 3 rings (SSSR count). The molecule has 1 aromatic carbocycles. The fourth-order valence-corrected chi connectivity index (χ4v) is 3.54. The third-order valence-corrected chi connectivity index (χ3v) is 4.93. The van der Waals surface area contributed by atoms with Gasteiger partial charge in [0.1, 0.15) is 11.3 Å². The van der Waals surface area contributed by atoms with Gasteiger partial charge in [-0.15, -0.1) is 0 Å². The molecule has 0 radical (unpaired) electrons. The Morgan fingerprint density at radius 3 is 2.72 bits per heavy atom. The number of rotatable bonds is 6. The Kier molecular flexibility index (Phi) is 4.92. The molecule has 134 valence electrons. The number of imide groups is 1. The molecule has 4 amide bonds. The Labute approximate surface area is 146 Å².